The van der Waals surface area contributed by atoms with Crippen molar-refractivity contribution in [2.75, 3.05) is 5.32 Å². The smallest absolute Gasteiger partial charge is 0.274 e. The van der Waals surface area contributed by atoms with Crippen molar-refractivity contribution >= 4 is 17.2 Å². The van der Waals surface area contributed by atoms with Crippen molar-refractivity contribution in [1.82, 2.24) is 4.98 Å². The molecule has 0 fully saturated rings. The summed E-state index contributed by atoms with van der Waals surface area (Å²) in [5.41, 5.74) is 1.27. The fraction of sp³-hybridized carbons (Fsp3) is 0.154. The molecular weight excluding hydrogens is 276 g/mol. The van der Waals surface area contributed by atoms with Crippen molar-refractivity contribution < 1.29 is 9.85 Å². The van der Waals surface area contributed by atoms with Crippen LogP contribution in [0.1, 0.15) is 11.1 Å². The number of nitro benzene ring substituents is 1. The van der Waals surface area contributed by atoms with E-state index in [0.29, 0.717) is 17.9 Å². The molecule has 0 bridgehead atoms. The minimum atomic E-state index is -0.508. The van der Waals surface area contributed by atoms with Crippen molar-refractivity contribution in [1.29, 1.82) is 0 Å². The normalized spacial score (nSPS) is 10.1. The van der Waals surface area contributed by atoms with Crippen LogP contribution in [0.15, 0.2) is 36.5 Å². The molecule has 0 unspecified atom stereocenters. The minimum absolute atomic E-state index is 0.0429. The molecule has 0 aliphatic heterocycles. The first kappa shape index (κ1) is 14.4. The maximum Gasteiger partial charge on any atom is 0.274 e. The summed E-state index contributed by atoms with van der Waals surface area (Å²) in [4.78, 5) is 24.6. The van der Waals surface area contributed by atoms with Crippen LogP contribution in [0, 0.1) is 27.2 Å². The molecule has 1 aromatic carbocycles. The Morgan fingerprint density at radius 1 is 1.19 bits per heavy atom. The lowest BCUT2D eigenvalue weighted by molar-refractivity contribution is -0.385. The Labute approximate surface area is 119 Å². The van der Waals surface area contributed by atoms with Crippen LogP contribution in [0.25, 0.3) is 0 Å². The maximum atomic E-state index is 10.9. The van der Waals surface area contributed by atoms with Crippen molar-refractivity contribution in [3.63, 3.8) is 0 Å². The Morgan fingerprint density at radius 3 is 2.62 bits per heavy atom. The predicted octanol–water partition coefficient (Wildman–Crippen LogP) is 2.82. The van der Waals surface area contributed by atoms with E-state index in [-0.39, 0.29) is 11.4 Å². The molecule has 0 spiro atoms. The molecule has 8 nitrogen and oxygen atoms in total. The zero-order valence-electron chi connectivity index (χ0n) is 11.1. The van der Waals surface area contributed by atoms with Gasteiger partial charge in [0, 0.05) is 30.4 Å². The van der Waals surface area contributed by atoms with E-state index in [1.807, 2.05) is 0 Å². The van der Waals surface area contributed by atoms with Crippen molar-refractivity contribution in [3.8, 4) is 0 Å². The number of hydrogen-bond acceptors (Lipinski definition) is 6. The van der Waals surface area contributed by atoms with Gasteiger partial charge < -0.3 is 5.32 Å². The first-order valence-electron chi connectivity index (χ1n) is 6.06. The monoisotopic (exact) mass is 288 g/mol. The van der Waals surface area contributed by atoms with E-state index in [2.05, 4.69) is 10.3 Å². The van der Waals surface area contributed by atoms with Gasteiger partial charge >= 0.3 is 0 Å². The maximum absolute atomic E-state index is 10.9. The lowest BCUT2D eigenvalue weighted by atomic mass is 10.1. The number of aromatic nitrogens is 1. The number of nitrogens with one attached hydrogen (secondary N) is 1. The molecule has 21 heavy (non-hydrogen) atoms. The highest BCUT2D eigenvalue weighted by molar-refractivity contribution is 5.48. The second-order valence-electron chi connectivity index (χ2n) is 4.33. The highest BCUT2D eigenvalue weighted by atomic mass is 16.6. The fourth-order valence-electron chi connectivity index (χ4n) is 1.87. The average molecular weight is 288 g/mol. The fourth-order valence-corrected chi connectivity index (χ4v) is 1.87. The van der Waals surface area contributed by atoms with Gasteiger partial charge in [-0.2, -0.15) is 0 Å². The van der Waals surface area contributed by atoms with Gasteiger partial charge in [0.2, 0.25) is 0 Å². The highest BCUT2D eigenvalue weighted by Crippen LogP contribution is 2.22. The molecule has 0 radical (unpaired) electrons. The molecule has 0 amide bonds. The summed E-state index contributed by atoms with van der Waals surface area (Å²) in [6.07, 6.45) is 1.33. The lowest BCUT2D eigenvalue weighted by Crippen LogP contribution is -2.04. The molecule has 1 N–H and O–H groups in total. The van der Waals surface area contributed by atoms with Gasteiger partial charge in [-0.3, -0.25) is 20.2 Å². The van der Waals surface area contributed by atoms with E-state index in [1.54, 1.807) is 19.1 Å². The van der Waals surface area contributed by atoms with Crippen LogP contribution in [-0.2, 0) is 6.54 Å². The van der Waals surface area contributed by atoms with Gasteiger partial charge in [-0.25, -0.2) is 4.98 Å². The van der Waals surface area contributed by atoms with E-state index < -0.39 is 9.85 Å². The second kappa shape index (κ2) is 5.95. The number of hydrogen-bond donors (Lipinski definition) is 1. The van der Waals surface area contributed by atoms with E-state index in [4.69, 9.17) is 0 Å². The standard InChI is InChI=1S/C13H12N4O4/c1-9-10(3-2-4-12(9)17(20)21)8-15-13-7-11(16(18)19)5-6-14-13/h2-7H,8H2,1H3,(H,14,15). The predicted molar refractivity (Wildman–Crippen MR) is 76.1 cm³/mol. The summed E-state index contributed by atoms with van der Waals surface area (Å²) in [6.45, 7) is 1.96. The SMILES string of the molecule is Cc1c(CNc2cc([N+](=O)[O-])ccn2)cccc1[N+](=O)[O-]. The van der Waals surface area contributed by atoms with Gasteiger partial charge in [-0.05, 0) is 12.5 Å². The summed E-state index contributed by atoms with van der Waals surface area (Å²) < 4.78 is 0. The van der Waals surface area contributed by atoms with E-state index >= 15 is 0 Å². The molecule has 0 atom stereocenters. The zero-order valence-corrected chi connectivity index (χ0v) is 11.1. The molecule has 0 aliphatic rings. The van der Waals surface area contributed by atoms with Crippen LogP contribution in [0.3, 0.4) is 0 Å². The van der Waals surface area contributed by atoms with Gasteiger partial charge in [0.05, 0.1) is 15.9 Å². The summed E-state index contributed by atoms with van der Waals surface area (Å²) in [6, 6.07) is 7.40. The Balaban J connectivity index is 2.17. The van der Waals surface area contributed by atoms with Crippen molar-refractivity contribution in [3.05, 3.63) is 67.9 Å². The number of rotatable bonds is 5. The molecule has 0 aliphatic carbocycles. The quantitative estimate of drug-likeness (QED) is 0.668. The van der Waals surface area contributed by atoms with Crippen LogP contribution in [0.2, 0.25) is 0 Å². The molecule has 1 heterocycles. The summed E-state index contributed by atoms with van der Waals surface area (Å²) in [5, 5.41) is 24.5. The molecule has 108 valence electrons. The molecule has 1 aromatic heterocycles. The van der Waals surface area contributed by atoms with Crippen LogP contribution in [0.4, 0.5) is 17.2 Å². The number of nitrogens with zero attached hydrogens (tertiary/aromatic N) is 3. The average Bonchev–Trinajstić information content (AvgIpc) is 2.46. The number of benzene rings is 1. The van der Waals surface area contributed by atoms with E-state index in [0.717, 1.165) is 5.56 Å². The Morgan fingerprint density at radius 2 is 1.95 bits per heavy atom. The van der Waals surface area contributed by atoms with Gasteiger partial charge in [0.15, 0.2) is 0 Å². The largest absolute Gasteiger partial charge is 0.366 e. The Hall–Kier alpha value is -3.03. The molecule has 0 saturated carbocycles. The molecule has 8 heteroatoms. The van der Waals surface area contributed by atoms with Gasteiger partial charge in [0.1, 0.15) is 5.82 Å². The Bertz CT molecular complexity index is 702. The third-order valence-electron chi connectivity index (χ3n) is 3.03. The third kappa shape index (κ3) is 3.30. The van der Waals surface area contributed by atoms with E-state index in [1.165, 1.54) is 24.4 Å². The lowest BCUT2D eigenvalue weighted by Gasteiger charge is -2.08. The summed E-state index contributed by atoms with van der Waals surface area (Å²) >= 11 is 0. The molecular formula is C13H12N4O4. The highest BCUT2D eigenvalue weighted by Gasteiger charge is 2.13. The van der Waals surface area contributed by atoms with Crippen LogP contribution in [0.5, 0.6) is 0 Å². The minimum Gasteiger partial charge on any atom is -0.366 e. The van der Waals surface area contributed by atoms with Crippen LogP contribution in [-0.4, -0.2) is 14.8 Å². The Kier molecular flexibility index (Phi) is 4.07. The first-order chi connectivity index (χ1) is 9.99. The number of nitro groups is 2. The summed E-state index contributed by atoms with van der Waals surface area (Å²) in [5.74, 6) is 0.343. The van der Waals surface area contributed by atoms with E-state index in [9.17, 15) is 20.2 Å². The first-order valence-corrected chi connectivity index (χ1v) is 6.06. The third-order valence-corrected chi connectivity index (χ3v) is 3.03. The number of pyridine rings is 1. The topological polar surface area (TPSA) is 111 Å². The van der Waals surface area contributed by atoms with Crippen LogP contribution >= 0.6 is 0 Å². The van der Waals surface area contributed by atoms with Crippen molar-refractivity contribution in [2.24, 2.45) is 0 Å². The van der Waals surface area contributed by atoms with Crippen molar-refractivity contribution in [2.45, 2.75) is 13.5 Å². The van der Waals surface area contributed by atoms with Gasteiger partial charge in [0.25, 0.3) is 11.4 Å². The second-order valence-corrected chi connectivity index (χ2v) is 4.33. The van der Waals surface area contributed by atoms with Crippen LogP contribution < -0.4 is 5.32 Å². The van der Waals surface area contributed by atoms with Gasteiger partial charge in [-0.1, -0.05) is 12.1 Å². The molecule has 2 aromatic rings. The summed E-state index contributed by atoms with van der Waals surface area (Å²) in [7, 11) is 0. The molecule has 2 rings (SSSR count). The van der Waals surface area contributed by atoms with Gasteiger partial charge in [-0.15, -0.1) is 0 Å². The zero-order chi connectivity index (χ0) is 15.4. The number of anilines is 1. The molecule has 0 saturated heterocycles.